The number of anilines is 1. The number of benzene rings is 1. The van der Waals surface area contributed by atoms with Crippen LogP contribution in [0.15, 0.2) is 29.2 Å². The highest BCUT2D eigenvalue weighted by atomic mass is 32.2. The van der Waals surface area contributed by atoms with E-state index in [1.54, 1.807) is 18.7 Å². The Kier molecular flexibility index (Phi) is 6.80. The van der Waals surface area contributed by atoms with Gasteiger partial charge < -0.3 is 5.32 Å². The quantitative estimate of drug-likeness (QED) is 0.668. The fraction of sp³-hybridized carbons (Fsp3) is 0.474. The molecule has 0 saturated carbocycles. The summed E-state index contributed by atoms with van der Waals surface area (Å²) in [5, 5.41) is 3.92. The van der Waals surface area contributed by atoms with Crippen molar-refractivity contribution >= 4 is 44.2 Å². The molecule has 1 amide bonds. The monoisotopic (exact) mass is 439 g/mol. The maximum atomic E-state index is 12.4. The second kappa shape index (κ2) is 8.94. The third kappa shape index (κ3) is 5.34. The number of thioether (sulfide) groups is 1. The molecule has 0 aliphatic carbocycles. The van der Waals surface area contributed by atoms with E-state index in [4.69, 9.17) is 0 Å². The predicted octanol–water partition coefficient (Wildman–Crippen LogP) is 3.53. The highest BCUT2D eigenvalue weighted by Gasteiger charge is 2.28. The van der Waals surface area contributed by atoms with Gasteiger partial charge in [0.2, 0.25) is 15.9 Å². The molecule has 0 radical (unpaired) electrons. The van der Waals surface area contributed by atoms with Crippen LogP contribution in [0.25, 0.3) is 0 Å². The van der Waals surface area contributed by atoms with Crippen LogP contribution in [0.5, 0.6) is 0 Å². The number of carbonyl (C=O) groups excluding carboxylic acids is 1. The molecule has 9 heteroatoms. The molecule has 1 N–H and O–H groups in total. The number of fused-ring (bicyclic) bond motifs is 1. The van der Waals surface area contributed by atoms with Gasteiger partial charge in [0.05, 0.1) is 17.9 Å². The normalized spacial score (nSPS) is 14.9. The molecule has 0 bridgehead atoms. The molecule has 152 valence electrons. The Morgan fingerprint density at radius 1 is 1.32 bits per heavy atom. The van der Waals surface area contributed by atoms with E-state index in [1.165, 1.54) is 20.5 Å². The second-order valence-corrected chi connectivity index (χ2v) is 11.9. The Morgan fingerprint density at radius 2 is 2.04 bits per heavy atom. The van der Waals surface area contributed by atoms with E-state index in [-0.39, 0.29) is 18.1 Å². The third-order valence-corrected chi connectivity index (χ3v) is 8.20. The van der Waals surface area contributed by atoms with Crippen LogP contribution in [0.2, 0.25) is 0 Å². The van der Waals surface area contributed by atoms with Crippen molar-refractivity contribution in [2.45, 2.75) is 50.3 Å². The molecule has 1 aliphatic rings. The number of sulfonamides is 1. The number of hydrogen-bond donors (Lipinski definition) is 1. The van der Waals surface area contributed by atoms with Crippen LogP contribution in [0.1, 0.15) is 36.9 Å². The molecular formula is C19H25N3O3S3. The Morgan fingerprint density at radius 3 is 2.68 bits per heavy atom. The summed E-state index contributed by atoms with van der Waals surface area (Å²) in [6.45, 7) is 6.74. The minimum Gasteiger partial charge on any atom is -0.302 e. The van der Waals surface area contributed by atoms with Gasteiger partial charge in [-0.25, -0.2) is 13.4 Å². The molecule has 0 saturated heterocycles. The number of nitrogens with zero attached hydrogens (tertiary/aromatic N) is 2. The maximum Gasteiger partial charge on any atom is 0.230 e. The predicted molar refractivity (Wildman–Crippen MR) is 115 cm³/mol. The first-order valence-corrected chi connectivity index (χ1v) is 12.6. The molecule has 1 aromatic heterocycles. The van der Waals surface area contributed by atoms with Gasteiger partial charge in [-0.3, -0.25) is 4.79 Å². The average molecular weight is 440 g/mol. The summed E-state index contributed by atoms with van der Waals surface area (Å²) in [7, 11) is -3.21. The smallest absolute Gasteiger partial charge is 0.230 e. The largest absolute Gasteiger partial charge is 0.302 e. The Balaban J connectivity index is 1.60. The van der Waals surface area contributed by atoms with Crippen molar-refractivity contribution in [3.63, 3.8) is 0 Å². The van der Waals surface area contributed by atoms with Gasteiger partial charge in [-0.2, -0.15) is 4.31 Å². The van der Waals surface area contributed by atoms with Crippen LogP contribution in [-0.2, 0) is 34.2 Å². The van der Waals surface area contributed by atoms with E-state index in [0.717, 1.165) is 16.1 Å². The van der Waals surface area contributed by atoms with Crippen LogP contribution < -0.4 is 5.32 Å². The standard InChI is InChI=1S/C19H25N3O3S3/c1-4-28(24,25)22-10-9-16-17(12-22)27-19(20-16)21-18(23)11-14-5-7-15(8-6-14)26-13(2)3/h5-8,13H,4,9-12H2,1-3H3,(H,20,21,23). The van der Waals surface area contributed by atoms with Crippen molar-refractivity contribution in [1.29, 1.82) is 0 Å². The Bertz CT molecular complexity index is 937. The molecular weight excluding hydrogens is 414 g/mol. The first kappa shape index (κ1) is 21.3. The second-order valence-electron chi connectivity index (χ2n) is 6.91. The Hall–Kier alpha value is -1.42. The fourth-order valence-corrected chi connectivity index (χ4v) is 5.97. The van der Waals surface area contributed by atoms with Crippen molar-refractivity contribution in [3.05, 3.63) is 40.4 Å². The summed E-state index contributed by atoms with van der Waals surface area (Å²) in [6.07, 6.45) is 0.864. The molecule has 0 atom stereocenters. The van der Waals surface area contributed by atoms with Crippen LogP contribution in [0.4, 0.5) is 5.13 Å². The highest BCUT2D eigenvalue weighted by molar-refractivity contribution is 7.99. The molecule has 28 heavy (non-hydrogen) atoms. The lowest BCUT2D eigenvalue weighted by Crippen LogP contribution is -2.36. The van der Waals surface area contributed by atoms with E-state index in [0.29, 0.717) is 29.9 Å². The SMILES string of the molecule is CCS(=O)(=O)N1CCc2nc(NC(=O)Cc3ccc(SC(C)C)cc3)sc2C1. The van der Waals surface area contributed by atoms with Crippen LogP contribution in [0, 0.1) is 0 Å². The fourth-order valence-electron chi connectivity index (χ4n) is 2.95. The molecule has 2 heterocycles. The zero-order valence-corrected chi connectivity index (χ0v) is 18.7. The molecule has 0 spiro atoms. The number of nitrogens with one attached hydrogen (secondary N) is 1. The summed E-state index contributed by atoms with van der Waals surface area (Å²) < 4.78 is 25.6. The summed E-state index contributed by atoms with van der Waals surface area (Å²) in [4.78, 5) is 19.0. The van der Waals surface area contributed by atoms with Crippen LogP contribution in [0.3, 0.4) is 0 Å². The molecule has 1 aromatic carbocycles. The van der Waals surface area contributed by atoms with Gasteiger partial charge in [-0.1, -0.05) is 26.0 Å². The van der Waals surface area contributed by atoms with Gasteiger partial charge in [0.25, 0.3) is 0 Å². The molecule has 3 rings (SSSR count). The van der Waals surface area contributed by atoms with Crippen molar-refractivity contribution < 1.29 is 13.2 Å². The molecule has 1 aliphatic heterocycles. The van der Waals surface area contributed by atoms with Gasteiger partial charge in [-0.05, 0) is 24.6 Å². The summed E-state index contributed by atoms with van der Waals surface area (Å²) >= 11 is 3.15. The molecule has 0 fully saturated rings. The van der Waals surface area contributed by atoms with Crippen molar-refractivity contribution in [1.82, 2.24) is 9.29 Å². The molecule has 6 nitrogen and oxygen atoms in total. The number of thiazole rings is 1. The van der Waals surface area contributed by atoms with E-state index >= 15 is 0 Å². The summed E-state index contributed by atoms with van der Waals surface area (Å²) in [5.41, 5.74) is 1.84. The lowest BCUT2D eigenvalue weighted by Gasteiger charge is -2.24. The first-order valence-electron chi connectivity index (χ1n) is 9.28. The first-order chi connectivity index (χ1) is 13.3. The minimum atomic E-state index is -3.21. The number of aromatic nitrogens is 1. The molecule has 2 aromatic rings. The summed E-state index contributed by atoms with van der Waals surface area (Å²) in [5.74, 6) is -0.0208. The van der Waals surface area contributed by atoms with E-state index < -0.39 is 10.0 Å². The van der Waals surface area contributed by atoms with E-state index in [9.17, 15) is 13.2 Å². The van der Waals surface area contributed by atoms with Gasteiger partial charge in [-0.15, -0.1) is 23.1 Å². The number of rotatable bonds is 7. The van der Waals surface area contributed by atoms with Crippen LogP contribution in [-0.4, -0.2) is 41.2 Å². The van der Waals surface area contributed by atoms with E-state index in [1.807, 2.05) is 24.3 Å². The van der Waals surface area contributed by atoms with Gasteiger partial charge in [0.15, 0.2) is 5.13 Å². The lowest BCUT2D eigenvalue weighted by molar-refractivity contribution is -0.115. The van der Waals surface area contributed by atoms with Gasteiger partial charge in [0, 0.05) is 34.5 Å². The van der Waals surface area contributed by atoms with E-state index in [2.05, 4.69) is 24.1 Å². The van der Waals surface area contributed by atoms with Crippen molar-refractivity contribution in [2.24, 2.45) is 0 Å². The van der Waals surface area contributed by atoms with Crippen molar-refractivity contribution in [2.75, 3.05) is 17.6 Å². The van der Waals surface area contributed by atoms with Gasteiger partial charge in [0.1, 0.15) is 0 Å². The zero-order chi connectivity index (χ0) is 20.3. The summed E-state index contributed by atoms with van der Waals surface area (Å²) in [6, 6.07) is 8.03. The Labute approximate surface area is 174 Å². The number of carbonyl (C=O) groups is 1. The third-order valence-electron chi connectivity index (χ3n) is 4.36. The van der Waals surface area contributed by atoms with Crippen LogP contribution >= 0.6 is 23.1 Å². The van der Waals surface area contributed by atoms with Gasteiger partial charge >= 0.3 is 0 Å². The topological polar surface area (TPSA) is 79.4 Å². The average Bonchev–Trinajstić information content (AvgIpc) is 3.04. The minimum absolute atomic E-state index is 0.0964. The molecule has 0 unspecified atom stereocenters. The van der Waals surface area contributed by atoms with Crippen molar-refractivity contribution in [3.8, 4) is 0 Å². The lowest BCUT2D eigenvalue weighted by atomic mass is 10.1. The maximum absolute atomic E-state index is 12.4. The highest BCUT2D eigenvalue weighted by Crippen LogP contribution is 2.29. The number of hydrogen-bond acceptors (Lipinski definition) is 6. The number of amides is 1. The zero-order valence-electron chi connectivity index (χ0n) is 16.3.